The Morgan fingerprint density at radius 2 is 1.07 bits per heavy atom. The first-order chi connectivity index (χ1) is 7.41. The van der Waals surface area contributed by atoms with Gasteiger partial charge in [0.05, 0.1) is 13.2 Å². The van der Waals surface area contributed by atoms with E-state index in [2.05, 4.69) is 38.7 Å². The molecule has 0 rings (SSSR count). The van der Waals surface area contributed by atoms with Gasteiger partial charge in [0.2, 0.25) is 0 Å². The summed E-state index contributed by atoms with van der Waals surface area (Å²) in [5, 5.41) is 12.6. The van der Waals surface area contributed by atoms with Gasteiger partial charge in [0.15, 0.2) is 0 Å². The number of unbranched alkanes of at least 4 members (excludes halogenated alkanes) is 4. The molecule has 0 amide bonds. The quantitative estimate of drug-likeness (QED) is 0.288. The largest absolute Gasteiger partial charge is 0.204 e. The monoisotopic (exact) mass is 222 g/mol. The summed E-state index contributed by atoms with van der Waals surface area (Å²) in [5.74, 6) is 0. The van der Waals surface area contributed by atoms with Crippen molar-refractivity contribution < 1.29 is 24.9 Å². The standard InChI is InChI=1S/C10H22O5/c1-3-5-7-9-11-13-15-14-12-10-8-6-4-2/h3-10H2,1-2H3. The maximum atomic E-state index is 4.64. The zero-order valence-corrected chi connectivity index (χ0v) is 9.70. The lowest BCUT2D eigenvalue weighted by atomic mass is 10.3. The molecule has 0 aliphatic carbocycles. The zero-order valence-electron chi connectivity index (χ0n) is 9.70. The Bertz CT molecular complexity index is 98.0. The van der Waals surface area contributed by atoms with Crippen molar-refractivity contribution in [2.75, 3.05) is 13.2 Å². The molecule has 5 heteroatoms. The van der Waals surface area contributed by atoms with Crippen molar-refractivity contribution in [2.24, 2.45) is 0 Å². The molecule has 0 fully saturated rings. The number of hydrogen-bond donors (Lipinski definition) is 0. The maximum absolute atomic E-state index is 4.64. The van der Waals surface area contributed by atoms with Crippen molar-refractivity contribution in [3.63, 3.8) is 0 Å². The SMILES string of the molecule is CCCCCOOOOOCCCCC. The molecular formula is C10H22O5. The highest BCUT2D eigenvalue weighted by Crippen LogP contribution is 1.97. The molecule has 0 unspecified atom stereocenters. The van der Waals surface area contributed by atoms with Gasteiger partial charge in [-0.05, 0) is 28.0 Å². The van der Waals surface area contributed by atoms with E-state index in [1.807, 2.05) is 0 Å². The molecule has 0 radical (unpaired) electrons. The van der Waals surface area contributed by atoms with E-state index in [9.17, 15) is 0 Å². The molecule has 5 nitrogen and oxygen atoms in total. The predicted octanol–water partition coefficient (Wildman–Crippen LogP) is 3.11. The molecule has 0 atom stereocenters. The fourth-order valence-corrected chi connectivity index (χ4v) is 0.941. The first kappa shape index (κ1) is 14.8. The van der Waals surface area contributed by atoms with Gasteiger partial charge >= 0.3 is 0 Å². The lowest BCUT2D eigenvalue weighted by Gasteiger charge is -2.01. The minimum atomic E-state index is 0.493. The lowest BCUT2D eigenvalue weighted by Crippen LogP contribution is -2.02. The molecule has 0 N–H and O–H groups in total. The van der Waals surface area contributed by atoms with Crippen molar-refractivity contribution in [1.29, 1.82) is 0 Å². The van der Waals surface area contributed by atoms with Crippen LogP contribution in [0.4, 0.5) is 0 Å². The smallest absolute Gasteiger partial charge is 0.0855 e. The third-order valence-electron chi connectivity index (χ3n) is 1.81. The van der Waals surface area contributed by atoms with E-state index < -0.39 is 0 Å². The van der Waals surface area contributed by atoms with E-state index in [1.165, 1.54) is 0 Å². The van der Waals surface area contributed by atoms with Crippen LogP contribution >= 0.6 is 0 Å². The normalized spacial score (nSPS) is 10.8. The van der Waals surface area contributed by atoms with Gasteiger partial charge in [0, 0.05) is 0 Å². The molecule has 15 heavy (non-hydrogen) atoms. The summed E-state index contributed by atoms with van der Waals surface area (Å²) in [7, 11) is 0. The van der Waals surface area contributed by atoms with Crippen molar-refractivity contribution in [3.8, 4) is 0 Å². The minimum absolute atomic E-state index is 0.493. The van der Waals surface area contributed by atoms with Crippen molar-refractivity contribution in [3.05, 3.63) is 0 Å². The van der Waals surface area contributed by atoms with Crippen molar-refractivity contribution in [2.45, 2.75) is 52.4 Å². The van der Waals surface area contributed by atoms with E-state index in [4.69, 9.17) is 0 Å². The van der Waals surface area contributed by atoms with Crippen LogP contribution in [0, 0.1) is 0 Å². The molecule has 0 aromatic heterocycles. The molecule has 0 aromatic carbocycles. The highest BCUT2D eigenvalue weighted by atomic mass is 17.8. The molecule has 92 valence electrons. The summed E-state index contributed by atoms with van der Waals surface area (Å²) in [6.07, 6.45) is 6.38. The summed E-state index contributed by atoms with van der Waals surface area (Å²) in [4.78, 5) is 9.27. The van der Waals surface area contributed by atoms with Gasteiger partial charge in [-0.3, -0.25) is 0 Å². The highest BCUT2D eigenvalue weighted by Gasteiger charge is 1.93. The van der Waals surface area contributed by atoms with Gasteiger partial charge in [-0.1, -0.05) is 39.5 Å². The summed E-state index contributed by atoms with van der Waals surface area (Å²) in [6, 6.07) is 0. The van der Waals surface area contributed by atoms with Crippen LogP contribution in [0.5, 0.6) is 0 Å². The highest BCUT2D eigenvalue weighted by molar-refractivity contribution is 4.32. The van der Waals surface area contributed by atoms with Crippen molar-refractivity contribution >= 4 is 0 Å². The van der Waals surface area contributed by atoms with E-state index in [-0.39, 0.29) is 0 Å². The third-order valence-corrected chi connectivity index (χ3v) is 1.81. The Labute approximate surface area is 91.3 Å². The fourth-order valence-electron chi connectivity index (χ4n) is 0.941. The second kappa shape index (κ2) is 13.8. The first-order valence-corrected chi connectivity index (χ1v) is 5.66. The van der Waals surface area contributed by atoms with Crippen LogP contribution < -0.4 is 0 Å². The molecule has 0 saturated carbocycles. The van der Waals surface area contributed by atoms with Gasteiger partial charge in [-0.25, -0.2) is 9.78 Å². The molecule has 0 aliphatic heterocycles. The van der Waals surface area contributed by atoms with E-state index in [0.717, 1.165) is 38.5 Å². The van der Waals surface area contributed by atoms with E-state index in [1.54, 1.807) is 0 Å². The Morgan fingerprint density at radius 1 is 0.600 bits per heavy atom. The number of hydrogen-bond acceptors (Lipinski definition) is 5. The molecule has 0 spiro atoms. The van der Waals surface area contributed by atoms with Gasteiger partial charge in [-0.15, -0.1) is 0 Å². The summed E-state index contributed by atoms with van der Waals surface area (Å²) >= 11 is 0. The topological polar surface area (TPSA) is 46.2 Å². The Kier molecular flexibility index (Phi) is 13.6. The van der Waals surface area contributed by atoms with E-state index >= 15 is 0 Å². The molecule has 0 saturated heterocycles. The first-order valence-electron chi connectivity index (χ1n) is 5.66. The molecule has 0 aliphatic rings. The van der Waals surface area contributed by atoms with Crippen LogP contribution in [-0.2, 0) is 24.9 Å². The van der Waals surface area contributed by atoms with Crippen molar-refractivity contribution in [1.82, 2.24) is 0 Å². The average molecular weight is 222 g/mol. The summed E-state index contributed by atoms with van der Waals surface area (Å²) < 4.78 is 0. The molecule has 0 bridgehead atoms. The van der Waals surface area contributed by atoms with Crippen LogP contribution in [0.25, 0.3) is 0 Å². The van der Waals surface area contributed by atoms with Crippen LogP contribution in [0.1, 0.15) is 52.4 Å². The predicted molar refractivity (Wildman–Crippen MR) is 54.2 cm³/mol. The lowest BCUT2D eigenvalue weighted by molar-refractivity contribution is -0.708. The van der Waals surface area contributed by atoms with Crippen LogP contribution in [0.3, 0.4) is 0 Å². The Hall–Kier alpha value is -0.200. The van der Waals surface area contributed by atoms with Crippen LogP contribution in [0.15, 0.2) is 0 Å². The zero-order chi connectivity index (χ0) is 11.2. The Morgan fingerprint density at radius 3 is 1.47 bits per heavy atom. The third kappa shape index (κ3) is 13.8. The average Bonchev–Trinajstić information content (AvgIpc) is 2.26. The number of rotatable bonds is 12. The summed E-state index contributed by atoms with van der Waals surface area (Å²) in [6.45, 7) is 5.22. The maximum Gasteiger partial charge on any atom is 0.0855 e. The summed E-state index contributed by atoms with van der Waals surface area (Å²) in [5.41, 5.74) is 0. The molecule has 0 heterocycles. The van der Waals surface area contributed by atoms with E-state index in [0.29, 0.717) is 13.2 Å². The van der Waals surface area contributed by atoms with Crippen LogP contribution in [-0.4, -0.2) is 13.2 Å². The molecule has 0 aromatic rings. The molecular weight excluding hydrogens is 200 g/mol. The second-order valence-electron chi connectivity index (χ2n) is 3.26. The van der Waals surface area contributed by atoms with Gasteiger partial charge < -0.3 is 0 Å². The van der Waals surface area contributed by atoms with Gasteiger partial charge in [0.25, 0.3) is 0 Å². The van der Waals surface area contributed by atoms with Crippen LogP contribution in [0.2, 0.25) is 0 Å². The minimum Gasteiger partial charge on any atom is -0.204 e. The second-order valence-corrected chi connectivity index (χ2v) is 3.26. The van der Waals surface area contributed by atoms with Gasteiger partial charge in [0.1, 0.15) is 0 Å². The Balaban J connectivity index is 2.81. The fraction of sp³-hybridized carbons (Fsp3) is 1.00. The van der Waals surface area contributed by atoms with Gasteiger partial charge in [-0.2, -0.15) is 0 Å².